The van der Waals surface area contributed by atoms with Crippen molar-refractivity contribution in [2.75, 3.05) is 13.7 Å². The molecule has 106 valence electrons. The first-order chi connectivity index (χ1) is 9.79. The standard InChI is InChI=1S/C15H17NO4/c1-18-13-8-6-12(7-9-13)15(17)16-20-11-3-5-14-4-2-10-19-14/h2,4,6-10H,3,5,11H2,1H3,(H,16,17). The summed E-state index contributed by atoms with van der Waals surface area (Å²) in [5.41, 5.74) is 2.93. The molecule has 0 unspecified atom stereocenters. The van der Waals surface area contributed by atoms with Gasteiger partial charge in [-0.15, -0.1) is 0 Å². The van der Waals surface area contributed by atoms with Crippen LogP contribution in [0.3, 0.4) is 0 Å². The van der Waals surface area contributed by atoms with Crippen LogP contribution in [-0.4, -0.2) is 19.6 Å². The van der Waals surface area contributed by atoms with Crippen LogP contribution < -0.4 is 10.2 Å². The molecule has 0 bridgehead atoms. The lowest BCUT2D eigenvalue weighted by atomic mass is 10.2. The Kier molecular flexibility index (Phi) is 5.20. The Morgan fingerprint density at radius 1 is 1.25 bits per heavy atom. The maximum atomic E-state index is 11.7. The van der Waals surface area contributed by atoms with Gasteiger partial charge in [-0.25, -0.2) is 5.48 Å². The minimum absolute atomic E-state index is 0.273. The van der Waals surface area contributed by atoms with Crippen molar-refractivity contribution in [1.29, 1.82) is 0 Å². The molecule has 0 saturated heterocycles. The number of furan rings is 1. The highest BCUT2D eigenvalue weighted by Crippen LogP contribution is 2.11. The van der Waals surface area contributed by atoms with Gasteiger partial charge in [-0.2, -0.15) is 0 Å². The molecule has 0 aliphatic heterocycles. The van der Waals surface area contributed by atoms with E-state index in [2.05, 4.69) is 5.48 Å². The van der Waals surface area contributed by atoms with Gasteiger partial charge in [-0.05, 0) is 42.8 Å². The van der Waals surface area contributed by atoms with Gasteiger partial charge < -0.3 is 9.15 Å². The Morgan fingerprint density at radius 2 is 2.05 bits per heavy atom. The lowest BCUT2D eigenvalue weighted by Gasteiger charge is -2.06. The molecule has 0 radical (unpaired) electrons. The van der Waals surface area contributed by atoms with Crippen molar-refractivity contribution >= 4 is 5.91 Å². The fourth-order valence-corrected chi connectivity index (χ4v) is 1.69. The van der Waals surface area contributed by atoms with Gasteiger partial charge in [0.1, 0.15) is 11.5 Å². The number of carbonyl (C=O) groups is 1. The number of carbonyl (C=O) groups excluding carboxylic acids is 1. The third kappa shape index (κ3) is 4.13. The predicted molar refractivity (Wildman–Crippen MR) is 73.4 cm³/mol. The summed E-state index contributed by atoms with van der Waals surface area (Å²) in [7, 11) is 1.58. The summed E-state index contributed by atoms with van der Waals surface area (Å²) in [6.07, 6.45) is 3.20. The van der Waals surface area contributed by atoms with Gasteiger partial charge in [0.25, 0.3) is 5.91 Å². The second-order valence-electron chi connectivity index (χ2n) is 4.19. The quantitative estimate of drug-likeness (QED) is 0.623. The number of ether oxygens (including phenoxy) is 1. The Labute approximate surface area is 117 Å². The Morgan fingerprint density at radius 3 is 2.70 bits per heavy atom. The average molecular weight is 275 g/mol. The molecular formula is C15H17NO4. The molecule has 5 nitrogen and oxygen atoms in total. The van der Waals surface area contributed by atoms with Crippen molar-refractivity contribution in [3.8, 4) is 5.75 Å². The predicted octanol–water partition coefficient (Wildman–Crippen LogP) is 2.58. The fraction of sp³-hybridized carbons (Fsp3) is 0.267. The van der Waals surface area contributed by atoms with Crippen molar-refractivity contribution in [3.05, 3.63) is 54.0 Å². The Balaban J connectivity index is 1.66. The van der Waals surface area contributed by atoms with E-state index in [0.29, 0.717) is 17.9 Å². The van der Waals surface area contributed by atoms with E-state index in [0.717, 1.165) is 18.6 Å². The zero-order valence-electron chi connectivity index (χ0n) is 11.3. The molecular weight excluding hydrogens is 258 g/mol. The van der Waals surface area contributed by atoms with Crippen LogP contribution in [-0.2, 0) is 11.3 Å². The lowest BCUT2D eigenvalue weighted by Crippen LogP contribution is -2.24. The van der Waals surface area contributed by atoms with Crippen LogP contribution in [0.1, 0.15) is 22.5 Å². The third-order valence-corrected chi connectivity index (χ3v) is 2.77. The fourth-order valence-electron chi connectivity index (χ4n) is 1.69. The molecule has 0 atom stereocenters. The minimum atomic E-state index is -0.273. The molecule has 0 aliphatic rings. The van der Waals surface area contributed by atoms with E-state index in [1.54, 1.807) is 37.6 Å². The van der Waals surface area contributed by atoms with Gasteiger partial charge in [-0.3, -0.25) is 9.63 Å². The Hall–Kier alpha value is -2.27. The van der Waals surface area contributed by atoms with Crippen LogP contribution in [0.5, 0.6) is 5.75 Å². The summed E-state index contributed by atoms with van der Waals surface area (Å²) in [5.74, 6) is 1.35. The van der Waals surface area contributed by atoms with Crippen LogP contribution in [0.25, 0.3) is 0 Å². The van der Waals surface area contributed by atoms with Crippen molar-refractivity contribution in [2.24, 2.45) is 0 Å². The molecule has 0 spiro atoms. The zero-order chi connectivity index (χ0) is 14.2. The first kappa shape index (κ1) is 14.1. The van der Waals surface area contributed by atoms with Gasteiger partial charge >= 0.3 is 0 Å². The van der Waals surface area contributed by atoms with E-state index in [1.165, 1.54) is 0 Å². The summed E-state index contributed by atoms with van der Waals surface area (Å²) in [6.45, 7) is 0.433. The monoisotopic (exact) mass is 275 g/mol. The molecule has 0 saturated carbocycles. The first-order valence-electron chi connectivity index (χ1n) is 6.38. The van der Waals surface area contributed by atoms with Crippen molar-refractivity contribution < 1.29 is 18.8 Å². The van der Waals surface area contributed by atoms with E-state index in [9.17, 15) is 4.79 Å². The van der Waals surface area contributed by atoms with Crippen molar-refractivity contribution in [1.82, 2.24) is 5.48 Å². The summed E-state index contributed by atoms with van der Waals surface area (Å²) < 4.78 is 10.2. The second kappa shape index (κ2) is 7.35. The normalized spacial score (nSPS) is 10.2. The van der Waals surface area contributed by atoms with Crippen molar-refractivity contribution in [3.63, 3.8) is 0 Å². The summed E-state index contributed by atoms with van der Waals surface area (Å²) in [6, 6.07) is 10.6. The van der Waals surface area contributed by atoms with E-state index >= 15 is 0 Å². The number of hydrogen-bond donors (Lipinski definition) is 1. The highest BCUT2D eigenvalue weighted by molar-refractivity contribution is 5.93. The van der Waals surface area contributed by atoms with E-state index in [-0.39, 0.29) is 5.91 Å². The lowest BCUT2D eigenvalue weighted by molar-refractivity contribution is 0.0301. The van der Waals surface area contributed by atoms with Gasteiger partial charge in [0, 0.05) is 12.0 Å². The van der Waals surface area contributed by atoms with Crippen molar-refractivity contribution in [2.45, 2.75) is 12.8 Å². The smallest absolute Gasteiger partial charge is 0.274 e. The number of methoxy groups -OCH3 is 1. The van der Waals surface area contributed by atoms with E-state index in [4.69, 9.17) is 14.0 Å². The molecule has 1 N–H and O–H groups in total. The SMILES string of the molecule is COc1ccc(C(=O)NOCCCc2ccco2)cc1. The highest BCUT2D eigenvalue weighted by Gasteiger charge is 2.05. The third-order valence-electron chi connectivity index (χ3n) is 2.77. The number of hydroxylamine groups is 1. The number of benzene rings is 1. The molecule has 20 heavy (non-hydrogen) atoms. The molecule has 5 heteroatoms. The summed E-state index contributed by atoms with van der Waals surface area (Å²) in [5, 5.41) is 0. The molecule has 1 amide bonds. The van der Waals surface area contributed by atoms with Gasteiger partial charge in [0.05, 0.1) is 20.0 Å². The van der Waals surface area contributed by atoms with E-state index < -0.39 is 0 Å². The highest BCUT2D eigenvalue weighted by atomic mass is 16.6. The number of hydrogen-bond acceptors (Lipinski definition) is 4. The van der Waals surface area contributed by atoms with Crippen LogP contribution in [0.2, 0.25) is 0 Å². The maximum Gasteiger partial charge on any atom is 0.274 e. The van der Waals surface area contributed by atoms with Gasteiger partial charge in [0.2, 0.25) is 0 Å². The van der Waals surface area contributed by atoms with Crippen LogP contribution in [0.15, 0.2) is 47.1 Å². The number of aryl methyl sites for hydroxylation is 1. The van der Waals surface area contributed by atoms with Crippen LogP contribution in [0.4, 0.5) is 0 Å². The zero-order valence-corrected chi connectivity index (χ0v) is 11.3. The number of rotatable bonds is 7. The largest absolute Gasteiger partial charge is 0.497 e. The molecule has 1 heterocycles. The second-order valence-corrected chi connectivity index (χ2v) is 4.19. The van der Waals surface area contributed by atoms with Crippen LogP contribution >= 0.6 is 0 Å². The molecule has 2 aromatic rings. The molecule has 1 aromatic heterocycles. The topological polar surface area (TPSA) is 60.7 Å². The summed E-state index contributed by atoms with van der Waals surface area (Å²) in [4.78, 5) is 16.9. The number of amides is 1. The average Bonchev–Trinajstić information content (AvgIpc) is 3.00. The minimum Gasteiger partial charge on any atom is -0.497 e. The van der Waals surface area contributed by atoms with Gasteiger partial charge in [0.15, 0.2) is 0 Å². The molecule has 0 aliphatic carbocycles. The summed E-state index contributed by atoms with van der Waals surface area (Å²) >= 11 is 0. The molecule has 0 fully saturated rings. The number of nitrogens with one attached hydrogen (secondary N) is 1. The maximum absolute atomic E-state index is 11.7. The van der Waals surface area contributed by atoms with Crippen LogP contribution in [0, 0.1) is 0 Å². The molecule has 2 rings (SSSR count). The first-order valence-corrected chi connectivity index (χ1v) is 6.38. The Bertz CT molecular complexity index is 519. The van der Waals surface area contributed by atoms with E-state index in [1.807, 2.05) is 12.1 Å². The van der Waals surface area contributed by atoms with Gasteiger partial charge in [-0.1, -0.05) is 0 Å². The molecule has 1 aromatic carbocycles.